The predicted molar refractivity (Wildman–Crippen MR) is 67.6 cm³/mol. The van der Waals surface area contributed by atoms with Crippen molar-refractivity contribution in [1.82, 2.24) is 4.98 Å². The molecule has 0 fully saturated rings. The number of hydrogen-bond acceptors (Lipinski definition) is 4. The normalized spacial score (nSPS) is 14.6. The van der Waals surface area contributed by atoms with E-state index in [4.69, 9.17) is 5.73 Å². The SMILES string of the molecule is CC[C@H](C)[C@H](N)C(=O)Nc1nc(C)c(C)s1. The number of thiazole rings is 1. The van der Waals surface area contributed by atoms with Gasteiger partial charge < -0.3 is 11.1 Å². The fourth-order valence-electron chi connectivity index (χ4n) is 1.23. The first-order valence-corrected chi connectivity index (χ1v) is 6.27. The van der Waals surface area contributed by atoms with Crippen molar-refractivity contribution in [2.75, 3.05) is 5.32 Å². The Balaban J connectivity index is 2.64. The van der Waals surface area contributed by atoms with Crippen LogP contribution in [0.15, 0.2) is 0 Å². The summed E-state index contributed by atoms with van der Waals surface area (Å²) in [4.78, 5) is 17.1. The summed E-state index contributed by atoms with van der Waals surface area (Å²) >= 11 is 1.48. The molecule has 0 spiro atoms. The second-order valence-corrected chi connectivity index (χ2v) is 5.26. The van der Waals surface area contributed by atoms with E-state index in [1.807, 2.05) is 27.7 Å². The van der Waals surface area contributed by atoms with E-state index in [0.29, 0.717) is 5.13 Å². The van der Waals surface area contributed by atoms with Gasteiger partial charge >= 0.3 is 0 Å². The molecule has 5 heteroatoms. The third-order valence-electron chi connectivity index (χ3n) is 2.82. The van der Waals surface area contributed by atoms with Crippen LogP contribution in [0.25, 0.3) is 0 Å². The average molecular weight is 241 g/mol. The maximum Gasteiger partial charge on any atom is 0.243 e. The van der Waals surface area contributed by atoms with Crippen molar-refractivity contribution in [1.29, 1.82) is 0 Å². The van der Waals surface area contributed by atoms with E-state index in [0.717, 1.165) is 17.0 Å². The topological polar surface area (TPSA) is 68.0 Å². The van der Waals surface area contributed by atoms with Crippen LogP contribution in [0.4, 0.5) is 5.13 Å². The zero-order chi connectivity index (χ0) is 12.3. The van der Waals surface area contributed by atoms with Gasteiger partial charge in [0, 0.05) is 4.88 Å². The second kappa shape index (κ2) is 5.41. The molecule has 3 N–H and O–H groups in total. The number of anilines is 1. The Morgan fingerprint density at radius 2 is 2.19 bits per heavy atom. The van der Waals surface area contributed by atoms with Crippen molar-refractivity contribution in [3.05, 3.63) is 10.6 Å². The summed E-state index contributed by atoms with van der Waals surface area (Å²) in [5.41, 5.74) is 6.78. The number of nitrogens with one attached hydrogen (secondary N) is 1. The summed E-state index contributed by atoms with van der Waals surface area (Å²) in [6.45, 7) is 7.91. The Bertz CT molecular complexity index is 356. The van der Waals surface area contributed by atoms with Crippen LogP contribution in [0.2, 0.25) is 0 Å². The first kappa shape index (κ1) is 13.1. The monoisotopic (exact) mass is 241 g/mol. The molecule has 0 saturated carbocycles. The number of amides is 1. The number of aryl methyl sites for hydroxylation is 2. The molecular weight excluding hydrogens is 222 g/mol. The molecule has 0 aliphatic carbocycles. The van der Waals surface area contributed by atoms with E-state index in [-0.39, 0.29) is 11.8 Å². The molecule has 1 amide bonds. The first-order chi connectivity index (χ1) is 7.45. The Labute approximate surface area is 100 Å². The molecule has 0 radical (unpaired) electrons. The third kappa shape index (κ3) is 3.02. The van der Waals surface area contributed by atoms with E-state index in [9.17, 15) is 4.79 Å². The van der Waals surface area contributed by atoms with Gasteiger partial charge in [-0.25, -0.2) is 4.98 Å². The van der Waals surface area contributed by atoms with Crippen LogP contribution >= 0.6 is 11.3 Å². The number of hydrogen-bond donors (Lipinski definition) is 2. The smallest absolute Gasteiger partial charge is 0.243 e. The molecule has 0 bridgehead atoms. The summed E-state index contributed by atoms with van der Waals surface area (Å²) in [5.74, 6) is 0.0326. The van der Waals surface area contributed by atoms with Crippen LogP contribution in [0.5, 0.6) is 0 Å². The number of nitrogens with zero attached hydrogens (tertiary/aromatic N) is 1. The van der Waals surface area contributed by atoms with E-state index in [1.54, 1.807) is 0 Å². The zero-order valence-electron chi connectivity index (χ0n) is 10.2. The number of carbonyl (C=O) groups excluding carboxylic acids is 1. The Kier molecular flexibility index (Phi) is 4.44. The lowest BCUT2D eigenvalue weighted by Crippen LogP contribution is -2.40. The molecule has 1 aromatic rings. The highest BCUT2D eigenvalue weighted by molar-refractivity contribution is 7.15. The molecule has 1 aromatic heterocycles. The summed E-state index contributed by atoms with van der Waals surface area (Å²) in [5, 5.41) is 3.40. The molecule has 0 aromatic carbocycles. The van der Waals surface area contributed by atoms with Crippen LogP contribution in [0.3, 0.4) is 0 Å². The fourth-order valence-corrected chi connectivity index (χ4v) is 2.04. The first-order valence-electron chi connectivity index (χ1n) is 5.46. The van der Waals surface area contributed by atoms with Crippen LogP contribution in [-0.2, 0) is 4.79 Å². The van der Waals surface area contributed by atoms with E-state index in [1.165, 1.54) is 11.3 Å². The maximum absolute atomic E-state index is 11.8. The van der Waals surface area contributed by atoms with Crippen LogP contribution < -0.4 is 11.1 Å². The second-order valence-electron chi connectivity index (χ2n) is 4.06. The standard InChI is InChI=1S/C11H19N3OS/c1-5-6(2)9(12)10(15)14-11-13-7(3)8(4)16-11/h6,9H,5,12H2,1-4H3,(H,13,14,15)/t6-,9-/m0/s1. The van der Waals surface area contributed by atoms with Crippen molar-refractivity contribution in [3.8, 4) is 0 Å². The minimum atomic E-state index is -0.463. The van der Waals surface area contributed by atoms with Gasteiger partial charge in [-0.3, -0.25) is 4.79 Å². The number of rotatable bonds is 4. The average Bonchev–Trinajstić information content (AvgIpc) is 2.55. The predicted octanol–water partition coefficient (Wildman–Crippen LogP) is 2.07. The lowest BCUT2D eigenvalue weighted by Gasteiger charge is -2.16. The number of nitrogens with two attached hydrogens (primary N) is 1. The van der Waals surface area contributed by atoms with Crippen molar-refractivity contribution < 1.29 is 4.79 Å². The molecule has 0 aliphatic heterocycles. The van der Waals surface area contributed by atoms with E-state index < -0.39 is 6.04 Å². The highest BCUT2D eigenvalue weighted by atomic mass is 32.1. The minimum absolute atomic E-state index is 0.150. The van der Waals surface area contributed by atoms with Crippen LogP contribution in [0.1, 0.15) is 30.8 Å². The van der Waals surface area contributed by atoms with Crippen molar-refractivity contribution in [2.45, 2.75) is 40.2 Å². The van der Waals surface area contributed by atoms with Gasteiger partial charge in [0.1, 0.15) is 0 Å². The Hall–Kier alpha value is -0.940. The Morgan fingerprint density at radius 3 is 2.62 bits per heavy atom. The van der Waals surface area contributed by atoms with Gasteiger partial charge in [0.25, 0.3) is 0 Å². The quantitative estimate of drug-likeness (QED) is 0.848. The van der Waals surface area contributed by atoms with Gasteiger partial charge in [0.15, 0.2) is 5.13 Å². The van der Waals surface area contributed by atoms with Gasteiger partial charge in [-0.2, -0.15) is 0 Å². The molecule has 0 unspecified atom stereocenters. The highest BCUT2D eigenvalue weighted by Crippen LogP contribution is 2.21. The summed E-state index contributed by atoms with van der Waals surface area (Å²) in [7, 11) is 0. The van der Waals surface area contributed by atoms with Crippen LogP contribution in [0, 0.1) is 19.8 Å². The van der Waals surface area contributed by atoms with Gasteiger partial charge in [0.05, 0.1) is 11.7 Å². The molecular formula is C11H19N3OS. The van der Waals surface area contributed by atoms with Gasteiger partial charge in [-0.05, 0) is 19.8 Å². The largest absolute Gasteiger partial charge is 0.320 e. The van der Waals surface area contributed by atoms with Gasteiger partial charge in [0.2, 0.25) is 5.91 Å². The summed E-state index contributed by atoms with van der Waals surface area (Å²) < 4.78 is 0. The fraction of sp³-hybridized carbons (Fsp3) is 0.636. The molecule has 90 valence electrons. The minimum Gasteiger partial charge on any atom is -0.320 e. The summed E-state index contributed by atoms with van der Waals surface area (Å²) in [6, 6.07) is -0.463. The number of aromatic nitrogens is 1. The summed E-state index contributed by atoms with van der Waals surface area (Å²) in [6.07, 6.45) is 0.893. The number of carbonyl (C=O) groups is 1. The lowest BCUT2D eigenvalue weighted by atomic mass is 10.00. The van der Waals surface area contributed by atoms with Crippen molar-refractivity contribution in [3.63, 3.8) is 0 Å². The van der Waals surface area contributed by atoms with Gasteiger partial charge in [-0.1, -0.05) is 20.3 Å². The maximum atomic E-state index is 11.8. The molecule has 1 rings (SSSR count). The molecule has 0 saturated heterocycles. The van der Waals surface area contributed by atoms with Crippen molar-refractivity contribution in [2.24, 2.45) is 11.7 Å². The molecule has 2 atom stereocenters. The lowest BCUT2D eigenvalue weighted by molar-refractivity contribution is -0.118. The Morgan fingerprint density at radius 1 is 1.56 bits per heavy atom. The molecule has 0 aliphatic rings. The molecule has 1 heterocycles. The molecule has 4 nitrogen and oxygen atoms in total. The third-order valence-corrected chi connectivity index (χ3v) is 3.81. The van der Waals surface area contributed by atoms with Crippen LogP contribution in [-0.4, -0.2) is 16.9 Å². The zero-order valence-corrected chi connectivity index (χ0v) is 11.0. The van der Waals surface area contributed by atoms with E-state index in [2.05, 4.69) is 10.3 Å². The molecule has 16 heavy (non-hydrogen) atoms. The highest BCUT2D eigenvalue weighted by Gasteiger charge is 2.20. The van der Waals surface area contributed by atoms with Crippen molar-refractivity contribution >= 4 is 22.4 Å². The van der Waals surface area contributed by atoms with Gasteiger partial charge in [-0.15, -0.1) is 11.3 Å². The van der Waals surface area contributed by atoms with E-state index >= 15 is 0 Å².